The molecular formula is C8H16ClNO. The molecule has 1 saturated carbocycles. The average Bonchev–Trinajstić information content (AvgIpc) is 2.17. The summed E-state index contributed by atoms with van der Waals surface area (Å²) in [6.07, 6.45) is 2.43. The number of piperidine rings is 1. The van der Waals surface area contributed by atoms with Crippen molar-refractivity contribution < 1.29 is 5.11 Å². The van der Waals surface area contributed by atoms with Crippen LogP contribution in [0.4, 0.5) is 0 Å². The van der Waals surface area contributed by atoms with Crippen molar-refractivity contribution in [2.45, 2.75) is 25.4 Å². The topological polar surface area (TPSA) is 32.3 Å². The lowest BCUT2D eigenvalue weighted by molar-refractivity contribution is -0.0342. The summed E-state index contributed by atoms with van der Waals surface area (Å²) >= 11 is 0. The van der Waals surface area contributed by atoms with Crippen LogP contribution < -0.4 is 5.32 Å². The molecule has 0 radical (unpaired) electrons. The summed E-state index contributed by atoms with van der Waals surface area (Å²) in [5.41, 5.74) is -0.356. The van der Waals surface area contributed by atoms with Gasteiger partial charge in [0, 0.05) is 24.9 Å². The lowest BCUT2D eigenvalue weighted by Crippen LogP contribution is -2.50. The van der Waals surface area contributed by atoms with Crippen molar-refractivity contribution in [3.05, 3.63) is 0 Å². The third kappa shape index (κ3) is 1.28. The van der Waals surface area contributed by atoms with Crippen LogP contribution in [0.5, 0.6) is 0 Å². The molecule has 1 saturated heterocycles. The van der Waals surface area contributed by atoms with Gasteiger partial charge in [-0.3, -0.25) is 0 Å². The smallest absolute Gasteiger partial charge is 0.0700 e. The second-order valence-corrected chi connectivity index (χ2v) is 3.86. The van der Waals surface area contributed by atoms with Crippen molar-refractivity contribution in [3.63, 3.8) is 0 Å². The fraction of sp³-hybridized carbons (Fsp3) is 1.00. The molecule has 3 heteroatoms. The van der Waals surface area contributed by atoms with Crippen LogP contribution in [-0.2, 0) is 0 Å². The van der Waals surface area contributed by atoms with Gasteiger partial charge >= 0.3 is 0 Å². The lowest BCUT2D eigenvalue weighted by Gasteiger charge is -2.36. The molecule has 1 heterocycles. The standard InChI is InChI=1S/C8H15NO.ClH/c1-8(10)6-2-3-7(8)5-9-4-6;/h6-7,9-10H,2-5H2,1H3;1H/t6-,7+,8?;. The van der Waals surface area contributed by atoms with Crippen LogP contribution >= 0.6 is 12.4 Å². The van der Waals surface area contributed by atoms with E-state index in [1.54, 1.807) is 0 Å². The van der Waals surface area contributed by atoms with Gasteiger partial charge in [-0.15, -0.1) is 12.4 Å². The zero-order chi connectivity index (χ0) is 7.19. The van der Waals surface area contributed by atoms with E-state index in [0.29, 0.717) is 11.8 Å². The molecule has 1 unspecified atom stereocenters. The van der Waals surface area contributed by atoms with E-state index >= 15 is 0 Å². The zero-order valence-corrected chi connectivity index (χ0v) is 7.66. The van der Waals surface area contributed by atoms with Crippen molar-refractivity contribution in [1.29, 1.82) is 0 Å². The first kappa shape index (κ1) is 9.30. The Morgan fingerprint density at radius 3 is 2.09 bits per heavy atom. The maximum atomic E-state index is 9.93. The second kappa shape index (κ2) is 2.92. The van der Waals surface area contributed by atoms with Crippen LogP contribution in [0.3, 0.4) is 0 Å². The Morgan fingerprint density at radius 1 is 1.27 bits per heavy atom. The molecule has 0 aromatic rings. The molecular weight excluding hydrogens is 162 g/mol. The van der Waals surface area contributed by atoms with E-state index in [-0.39, 0.29) is 18.0 Å². The zero-order valence-electron chi connectivity index (χ0n) is 6.84. The predicted molar refractivity (Wildman–Crippen MR) is 47.0 cm³/mol. The van der Waals surface area contributed by atoms with E-state index < -0.39 is 0 Å². The summed E-state index contributed by atoms with van der Waals surface area (Å²) in [6.45, 7) is 4.03. The van der Waals surface area contributed by atoms with Gasteiger partial charge < -0.3 is 10.4 Å². The molecule has 66 valence electrons. The van der Waals surface area contributed by atoms with E-state index in [1.165, 1.54) is 12.8 Å². The van der Waals surface area contributed by atoms with Crippen molar-refractivity contribution in [2.24, 2.45) is 11.8 Å². The summed E-state index contributed by atoms with van der Waals surface area (Å²) in [5, 5.41) is 13.3. The third-order valence-corrected chi connectivity index (χ3v) is 3.30. The highest BCUT2D eigenvalue weighted by Gasteiger charge is 2.47. The van der Waals surface area contributed by atoms with Gasteiger partial charge in [0.15, 0.2) is 0 Å². The third-order valence-electron chi connectivity index (χ3n) is 3.30. The van der Waals surface area contributed by atoms with Crippen LogP contribution in [0.15, 0.2) is 0 Å². The van der Waals surface area contributed by atoms with E-state index in [1.807, 2.05) is 6.92 Å². The molecule has 3 atom stereocenters. The van der Waals surface area contributed by atoms with Gasteiger partial charge in [0.05, 0.1) is 5.60 Å². The van der Waals surface area contributed by atoms with Gasteiger partial charge in [-0.25, -0.2) is 0 Å². The van der Waals surface area contributed by atoms with Gasteiger partial charge in [-0.05, 0) is 19.8 Å². The van der Waals surface area contributed by atoms with E-state index in [9.17, 15) is 5.11 Å². The number of halogens is 1. The summed E-state index contributed by atoms with van der Waals surface area (Å²) in [6, 6.07) is 0. The van der Waals surface area contributed by atoms with Gasteiger partial charge in [0.25, 0.3) is 0 Å². The molecule has 0 aromatic carbocycles. The normalized spacial score (nSPS) is 48.5. The molecule has 2 nitrogen and oxygen atoms in total. The van der Waals surface area contributed by atoms with Crippen LogP contribution in [-0.4, -0.2) is 23.8 Å². The molecule has 2 fully saturated rings. The van der Waals surface area contributed by atoms with Crippen LogP contribution in [0.1, 0.15) is 19.8 Å². The molecule has 1 aliphatic heterocycles. The first-order valence-corrected chi connectivity index (χ1v) is 4.14. The van der Waals surface area contributed by atoms with Crippen LogP contribution in [0.2, 0.25) is 0 Å². The maximum absolute atomic E-state index is 9.93. The first-order valence-electron chi connectivity index (χ1n) is 4.14. The van der Waals surface area contributed by atoms with Crippen LogP contribution in [0, 0.1) is 11.8 Å². The maximum Gasteiger partial charge on any atom is 0.0700 e. The Bertz CT molecular complexity index is 131. The van der Waals surface area contributed by atoms with E-state index in [0.717, 1.165) is 13.1 Å². The Morgan fingerprint density at radius 2 is 1.73 bits per heavy atom. The fourth-order valence-electron chi connectivity index (χ4n) is 2.37. The first-order chi connectivity index (χ1) is 4.71. The molecule has 0 aromatic heterocycles. The van der Waals surface area contributed by atoms with Gasteiger partial charge in [0.2, 0.25) is 0 Å². The molecule has 1 aliphatic carbocycles. The Kier molecular flexibility index (Phi) is 2.47. The molecule has 0 amide bonds. The van der Waals surface area contributed by atoms with Crippen molar-refractivity contribution >= 4 is 12.4 Å². The van der Waals surface area contributed by atoms with Crippen molar-refractivity contribution in [2.75, 3.05) is 13.1 Å². The SMILES string of the molecule is CC1(O)[C@@H]2CC[C@H]1CNC2.Cl. The monoisotopic (exact) mass is 177 g/mol. The molecule has 2 N–H and O–H groups in total. The fourth-order valence-corrected chi connectivity index (χ4v) is 2.37. The summed E-state index contributed by atoms with van der Waals surface area (Å²) < 4.78 is 0. The molecule has 2 aliphatic rings. The second-order valence-electron chi connectivity index (χ2n) is 3.86. The number of nitrogens with one attached hydrogen (secondary N) is 1. The number of aliphatic hydroxyl groups is 1. The molecule has 2 bridgehead atoms. The molecule has 2 rings (SSSR count). The van der Waals surface area contributed by atoms with Crippen molar-refractivity contribution in [1.82, 2.24) is 5.32 Å². The van der Waals surface area contributed by atoms with Gasteiger partial charge in [0.1, 0.15) is 0 Å². The quantitative estimate of drug-likeness (QED) is 0.574. The highest BCUT2D eigenvalue weighted by molar-refractivity contribution is 5.85. The minimum absolute atomic E-state index is 0. The number of fused-ring (bicyclic) bond motifs is 2. The highest BCUT2D eigenvalue weighted by atomic mass is 35.5. The Labute approximate surface area is 73.8 Å². The number of hydrogen-bond donors (Lipinski definition) is 2. The number of rotatable bonds is 0. The minimum atomic E-state index is -0.356. The lowest BCUT2D eigenvalue weighted by atomic mass is 9.83. The van der Waals surface area contributed by atoms with Gasteiger partial charge in [-0.2, -0.15) is 0 Å². The largest absolute Gasteiger partial charge is 0.390 e. The van der Waals surface area contributed by atoms with Crippen LogP contribution in [0.25, 0.3) is 0 Å². The highest BCUT2D eigenvalue weighted by Crippen LogP contribution is 2.41. The van der Waals surface area contributed by atoms with E-state index in [2.05, 4.69) is 5.32 Å². The van der Waals surface area contributed by atoms with Crippen molar-refractivity contribution in [3.8, 4) is 0 Å². The average molecular weight is 178 g/mol. The van der Waals surface area contributed by atoms with E-state index in [4.69, 9.17) is 0 Å². The Hall–Kier alpha value is 0.210. The Balaban J connectivity index is 0.000000605. The predicted octanol–water partition coefficient (Wildman–Crippen LogP) is 0.789. The summed E-state index contributed by atoms with van der Waals surface area (Å²) in [5.74, 6) is 1.04. The summed E-state index contributed by atoms with van der Waals surface area (Å²) in [4.78, 5) is 0. The van der Waals surface area contributed by atoms with Gasteiger partial charge in [-0.1, -0.05) is 0 Å². The number of hydrogen-bond acceptors (Lipinski definition) is 2. The molecule has 0 spiro atoms. The summed E-state index contributed by atoms with van der Waals surface area (Å²) in [7, 11) is 0. The molecule has 11 heavy (non-hydrogen) atoms. The minimum Gasteiger partial charge on any atom is -0.390 e.